The molecule has 1 aromatic heterocycles. The maximum absolute atomic E-state index is 8.82. The standard InChI is InChI=1S/C9H9ClN2O2/c1-6-3-7(5-14-13-2)8(4-11)9(10)12-6/h3H,5H2,1-2H3. The van der Waals surface area contributed by atoms with E-state index in [-0.39, 0.29) is 11.8 Å². The molecule has 74 valence electrons. The van der Waals surface area contributed by atoms with E-state index in [9.17, 15) is 0 Å². The number of nitrogens with zero attached hydrogens (tertiary/aromatic N) is 2. The second kappa shape index (κ2) is 4.91. The van der Waals surface area contributed by atoms with E-state index < -0.39 is 0 Å². The Hall–Kier alpha value is -1.15. The third kappa shape index (κ3) is 2.42. The Morgan fingerprint density at radius 2 is 2.36 bits per heavy atom. The van der Waals surface area contributed by atoms with Gasteiger partial charge in [-0.15, -0.1) is 0 Å². The third-order valence-electron chi connectivity index (χ3n) is 1.63. The summed E-state index contributed by atoms with van der Waals surface area (Å²) >= 11 is 5.78. The van der Waals surface area contributed by atoms with E-state index in [4.69, 9.17) is 21.8 Å². The molecule has 4 nitrogen and oxygen atoms in total. The smallest absolute Gasteiger partial charge is 0.147 e. The number of rotatable bonds is 3. The van der Waals surface area contributed by atoms with Gasteiger partial charge < -0.3 is 0 Å². The fraction of sp³-hybridized carbons (Fsp3) is 0.333. The van der Waals surface area contributed by atoms with Gasteiger partial charge >= 0.3 is 0 Å². The van der Waals surface area contributed by atoms with Crippen molar-refractivity contribution in [2.75, 3.05) is 7.11 Å². The van der Waals surface area contributed by atoms with Crippen molar-refractivity contribution in [2.45, 2.75) is 13.5 Å². The molecule has 0 N–H and O–H groups in total. The molecule has 0 aromatic carbocycles. The quantitative estimate of drug-likeness (QED) is 0.437. The lowest BCUT2D eigenvalue weighted by Gasteiger charge is -2.05. The molecule has 0 aliphatic rings. The van der Waals surface area contributed by atoms with Crippen LogP contribution in [-0.2, 0) is 16.4 Å². The number of hydrogen-bond acceptors (Lipinski definition) is 4. The fourth-order valence-corrected chi connectivity index (χ4v) is 1.35. The summed E-state index contributed by atoms with van der Waals surface area (Å²) in [5.41, 5.74) is 1.74. The molecule has 0 radical (unpaired) electrons. The second-order valence-corrected chi connectivity index (χ2v) is 2.99. The van der Waals surface area contributed by atoms with Gasteiger partial charge in [-0.25, -0.2) is 14.8 Å². The normalized spacial score (nSPS) is 9.86. The molecule has 0 aliphatic carbocycles. The Labute approximate surface area is 87.0 Å². The summed E-state index contributed by atoms with van der Waals surface area (Å²) in [6, 6.07) is 3.71. The van der Waals surface area contributed by atoms with E-state index in [0.29, 0.717) is 11.1 Å². The molecule has 0 saturated heterocycles. The molecule has 0 spiro atoms. The highest BCUT2D eigenvalue weighted by Gasteiger charge is 2.09. The van der Waals surface area contributed by atoms with Crippen LogP contribution in [0.2, 0.25) is 5.15 Å². The molecule has 1 rings (SSSR count). The highest BCUT2D eigenvalue weighted by atomic mass is 35.5. The molecule has 1 heterocycles. The number of nitriles is 1. The Morgan fingerprint density at radius 1 is 1.64 bits per heavy atom. The zero-order valence-corrected chi connectivity index (χ0v) is 8.63. The van der Waals surface area contributed by atoms with Crippen LogP contribution >= 0.6 is 11.6 Å². The lowest BCUT2D eigenvalue weighted by molar-refractivity contribution is -0.282. The molecular weight excluding hydrogens is 204 g/mol. The van der Waals surface area contributed by atoms with Crippen LogP contribution in [-0.4, -0.2) is 12.1 Å². The average Bonchev–Trinajstić information content (AvgIpc) is 2.14. The second-order valence-electron chi connectivity index (χ2n) is 2.63. The summed E-state index contributed by atoms with van der Waals surface area (Å²) in [6.45, 7) is 1.98. The summed E-state index contributed by atoms with van der Waals surface area (Å²) in [5, 5.41) is 9.02. The molecular formula is C9H9ClN2O2. The zero-order chi connectivity index (χ0) is 10.6. The first-order chi connectivity index (χ1) is 6.69. The summed E-state index contributed by atoms with van der Waals surface area (Å²) in [4.78, 5) is 13.1. The summed E-state index contributed by atoms with van der Waals surface area (Å²) in [7, 11) is 1.40. The Kier molecular flexibility index (Phi) is 3.84. The van der Waals surface area contributed by atoms with Crippen molar-refractivity contribution in [2.24, 2.45) is 0 Å². The monoisotopic (exact) mass is 212 g/mol. The molecule has 14 heavy (non-hydrogen) atoms. The minimum atomic E-state index is 0.183. The van der Waals surface area contributed by atoms with Gasteiger partial charge in [0.25, 0.3) is 0 Å². The van der Waals surface area contributed by atoms with E-state index >= 15 is 0 Å². The van der Waals surface area contributed by atoms with Crippen LogP contribution in [0, 0.1) is 18.3 Å². The van der Waals surface area contributed by atoms with Gasteiger partial charge in [-0.1, -0.05) is 11.6 Å². The van der Waals surface area contributed by atoms with Gasteiger partial charge in [-0.3, -0.25) is 0 Å². The van der Waals surface area contributed by atoms with Crippen LogP contribution < -0.4 is 0 Å². The van der Waals surface area contributed by atoms with Crippen LogP contribution in [0.1, 0.15) is 16.8 Å². The lowest BCUT2D eigenvalue weighted by Crippen LogP contribution is -1.98. The van der Waals surface area contributed by atoms with E-state index in [2.05, 4.69) is 9.87 Å². The molecule has 0 saturated carbocycles. The summed E-state index contributed by atoms with van der Waals surface area (Å²) < 4.78 is 0. The average molecular weight is 213 g/mol. The van der Waals surface area contributed by atoms with Gasteiger partial charge in [-0.2, -0.15) is 5.26 Å². The van der Waals surface area contributed by atoms with Gasteiger partial charge in [0.05, 0.1) is 12.7 Å². The first-order valence-electron chi connectivity index (χ1n) is 3.90. The van der Waals surface area contributed by atoms with Crippen LogP contribution in [0.25, 0.3) is 0 Å². The van der Waals surface area contributed by atoms with E-state index in [1.807, 2.05) is 6.07 Å². The molecule has 0 unspecified atom stereocenters. The molecule has 5 heteroatoms. The van der Waals surface area contributed by atoms with Gasteiger partial charge in [-0.05, 0) is 13.0 Å². The SMILES string of the molecule is COOCc1cc(C)nc(Cl)c1C#N. The van der Waals surface area contributed by atoms with Crippen molar-refractivity contribution < 1.29 is 9.78 Å². The van der Waals surface area contributed by atoms with E-state index in [0.717, 1.165) is 5.69 Å². The topological polar surface area (TPSA) is 55.1 Å². The van der Waals surface area contributed by atoms with Gasteiger partial charge in [0.15, 0.2) is 0 Å². The minimum absolute atomic E-state index is 0.183. The third-order valence-corrected chi connectivity index (χ3v) is 1.90. The first kappa shape index (κ1) is 10.9. The lowest BCUT2D eigenvalue weighted by atomic mass is 10.1. The van der Waals surface area contributed by atoms with Crippen molar-refractivity contribution in [1.29, 1.82) is 5.26 Å². The first-order valence-corrected chi connectivity index (χ1v) is 4.28. The Morgan fingerprint density at radius 3 is 2.93 bits per heavy atom. The molecule has 0 fully saturated rings. The van der Waals surface area contributed by atoms with E-state index in [1.54, 1.807) is 13.0 Å². The maximum Gasteiger partial charge on any atom is 0.147 e. The van der Waals surface area contributed by atoms with Crippen LogP contribution in [0.5, 0.6) is 0 Å². The number of aryl methyl sites for hydroxylation is 1. The number of halogens is 1. The van der Waals surface area contributed by atoms with Gasteiger partial charge in [0.1, 0.15) is 17.8 Å². The Balaban J connectivity index is 3.07. The largest absolute Gasteiger partial charge is 0.240 e. The van der Waals surface area contributed by atoms with E-state index in [1.165, 1.54) is 7.11 Å². The van der Waals surface area contributed by atoms with Gasteiger partial charge in [0, 0.05) is 11.3 Å². The molecule has 0 aliphatic heterocycles. The number of hydrogen-bond donors (Lipinski definition) is 0. The Bertz CT molecular complexity index is 374. The van der Waals surface area contributed by atoms with Crippen LogP contribution in [0.3, 0.4) is 0 Å². The van der Waals surface area contributed by atoms with Crippen molar-refractivity contribution >= 4 is 11.6 Å². The predicted molar refractivity (Wildman–Crippen MR) is 50.5 cm³/mol. The molecule has 0 atom stereocenters. The zero-order valence-electron chi connectivity index (χ0n) is 7.87. The van der Waals surface area contributed by atoms with Gasteiger partial charge in [0.2, 0.25) is 0 Å². The fourth-order valence-electron chi connectivity index (χ4n) is 1.05. The van der Waals surface area contributed by atoms with Crippen LogP contribution in [0.15, 0.2) is 6.07 Å². The molecule has 0 amide bonds. The van der Waals surface area contributed by atoms with Crippen molar-refractivity contribution in [3.63, 3.8) is 0 Å². The van der Waals surface area contributed by atoms with Crippen molar-refractivity contribution in [1.82, 2.24) is 4.98 Å². The number of aromatic nitrogens is 1. The summed E-state index contributed by atoms with van der Waals surface area (Å²) in [6.07, 6.45) is 0. The highest BCUT2D eigenvalue weighted by molar-refractivity contribution is 6.30. The van der Waals surface area contributed by atoms with Crippen molar-refractivity contribution in [3.8, 4) is 6.07 Å². The predicted octanol–water partition coefficient (Wildman–Crippen LogP) is 1.99. The molecule has 0 bridgehead atoms. The van der Waals surface area contributed by atoms with Crippen LogP contribution in [0.4, 0.5) is 0 Å². The van der Waals surface area contributed by atoms with Crippen molar-refractivity contribution in [3.05, 3.63) is 28.0 Å². The minimum Gasteiger partial charge on any atom is -0.240 e. The molecule has 1 aromatic rings. The highest BCUT2D eigenvalue weighted by Crippen LogP contribution is 2.18. The maximum atomic E-state index is 8.82. The number of pyridine rings is 1. The summed E-state index contributed by atoms with van der Waals surface area (Å²) in [5.74, 6) is 0.